The molecule has 1 aromatic carbocycles. The third kappa shape index (κ3) is 2.26. The molecule has 0 amide bonds. The molecule has 8 heteroatoms. The van der Waals surface area contributed by atoms with Gasteiger partial charge in [-0.1, -0.05) is 0 Å². The van der Waals surface area contributed by atoms with Crippen molar-refractivity contribution in [2.24, 2.45) is 7.05 Å². The van der Waals surface area contributed by atoms with Crippen LogP contribution in [0.4, 0.5) is 11.4 Å². The highest BCUT2D eigenvalue weighted by Crippen LogP contribution is 2.26. The van der Waals surface area contributed by atoms with Crippen LogP contribution in [0.1, 0.15) is 16.1 Å². The first-order valence-electron chi connectivity index (χ1n) is 5.50. The van der Waals surface area contributed by atoms with Crippen LogP contribution < -0.4 is 0 Å². The number of hydrogen-bond acceptors (Lipinski definition) is 5. The summed E-state index contributed by atoms with van der Waals surface area (Å²) in [4.78, 5) is 32.3. The molecule has 0 aliphatic rings. The predicted octanol–water partition coefficient (Wildman–Crippen LogP) is 2.07. The second kappa shape index (κ2) is 4.92. The van der Waals surface area contributed by atoms with Crippen molar-refractivity contribution in [3.8, 4) is 0 Å². The van der Waals surface area contributed by atoms with Gasteiger partial charge in [-0.15, -0.1) is 0 Å². The molecule has 2 rings (SSSR count). The van der Waals surface area contributed by atoms with Gasteiger partial charge in [-0.25, -0.2) is 0 Å². The van der Waals surface area contributed by atoms with Crippen molar-refractivity contribution in [2.75, 3.05) is 0 Å². The fourth-order valence-corrected chi connectivity index (χ4v) is 1.81. The van der Waals surface area contributed by atoms with Crippen molar-refractivity contribution in [3.63, 3.8) is 0 Å². The maximum atomic E-state index is 12.2. The molecular weight excluding hydrogens is 266 g/mol. The molecule has 20 heavy (non-hydrogen) atoms. The third-order valence-corrected chi connectivity index (χ3v) is 2.81. The maximum absolute atomic E-state index is 12.2. The number of aromatic nitrogens is 1. The van der Waals surface area contributed by atoms with E-state index < -0.39 is 27.0 Å². The van der Waals surface area contributed by atoms with Crippen molar-refractivity contribution >= 4 is 17.2 Å². The lowest BCUT2D eigenvalue weighted by molar-refractivity contribution is -0.394. The monoisotopic (exact) mass is 275 g/mol. The first-order chi connectivity index (χ1) is 9.41. The van der Waals surface area contributed by atoms with Gasteiger partial charge in [0, 0.05) is 19.3 Å². The zero-order valence-corrected chi connectivity index (χ0v) is 10.3. The topological polar surface area (TPSA) is 108 Å². The zero-order valence-electron chi connectivity index (χ0n) is 10.3. The van der Waals surface area contributed by atoms with E-state index in [1.54, 1.807) is 19.3 Å². The molecule has 0 aliphatic heterocycles. The van der Waals surface area contributed by atoms with E-state index in [0.29, 0.717) is 0 Å². The summed E-state index contributed by atoms with van der Waals surface area (Å²) >= 11 is 0. The number of ketones is 1. The summed E-state index contributed by atoms with van der Waals surface area (Å²) in [6.45, 7) is 0. The Balaban J connectivity index is 2.57. The summed E-state index contributed by atoms with van der Waals surface area (Å²) in [6, 6.07) is 6.11. The van der Waals surface area contributed by atoms with Crippen LogP contribution in [0.25, 0.3) is 0 Å². The third-order valence-electron chi connectivity index (χ3n) is 2.81. The van der Waals surface area contributed by atoms with Crippen molar-refractivity contribution in [2.45, 2.75) is 0 Å². The Hall–Kier alpha value is -3.03. The normalized spacial score (nSPS) is 10.2. The summed E-state index contributed by atoms with van der Waals surface area (Å²) in [7, 11) is 1.63. The molecule has 1 aromatic heterocycles. The number of carbonyl (C=O) groups excluding carboxylic acids is 1. The Labute approximate surface area is 112 Å². The van der Waals surface area contributed by atoms with Crippen LogP contribution in [-0.4, -0.2) is 20.2 Å². The Morgan fingerprint density at radius 2 is 1.85 bits per heavy atom. The van der Waals surface area contributed by atoms with Gasteiger partial charge >= 0.3 is 0 Å². The number of nitrogens with zero attached hydrogens (tertiary/aromatic N) is 3. The number of benzene rings is 1. The molecule has 0 bridgehead atoms. The van der Waals surface area contributed by atoms with E-state index in [0.717, 1.165) is 18.2 Å². The number of hydrogen-bond donors (Lipinski definition) is 0. The van der Waals surface area contributed by atoms with Crippen molar-refractivity contribution in [1.29, 1.82) is 0 Å². The summed E-state index contributed by atoms with van der Waals surface area (Å²) in [5, 5.41) is 21.6. The van der Waals surface area contributed by atoms with Crippen LogP contribution in [0.3, 0.4) is 0 Å². The van der Waals surface area contributed by atoms with E-state index in [2.05, 4.69) is 0 Å². The van der Waals surface area contributed by atoms with Crippen molar-refractivity contribution < 1.29 is 14.6 Å². The first kappa shape index (κ1) is 13.4. The van der Waals surface area contributed by atoms with Crippen LogP contribution in [0.2, 0.25) is 0 Å². The Morgan fingerprint density at radius 1 is 1.15 bits per heavy atom. The van der Waals surface area contributed by atoms with E-state index in [4.69, 9.17) is 0 Å². The van der Waals surface area contributed by atoms with E-state index >= 15 is 0 Å². The SMILES string of the molecule is Cn1cccc1C(=O)c1ccc([N+](=O)[O-])cc1[N+](=O)[O-]. The number of aryl methyl sites for hydroxylation is 1. The van der Waals surface area contributed by atoms with E-state index in [1.165, 1.54) is 10.6 Å². The van der Waals surface area contributed by atoms with Gasteiger partial charge in [0.1, 0.15) is 5.56 Å². The molecule has 0 fully saturated rings. The fraction of sp³-hybridized carbons (Fsp3) is 0.0833. The van der Waals surface area contributed by atoms with Crippen molar-refractivity contribution in [3.05, 3.63) is 68.0 Å². The smallest absolute Gasteiger partial charge is 0.287 e. The minimum Gasteiger partial charge on any atom is -0.348 e. The Bertz CT molecular complexity index is 720. The van der Waals surface area contributed by atoms with E-state index in [1.807, 2.05) is 0 Å². The van der Waals surface area contributed by atoms with E-state index in [-0.39, 0.29) is 11.3 Å². The number of carbonyl (C=O) groups is 1. The lowest BCUT2D eigenvalue weighted by Crippen LogP contribution is -2.09. The molecule has 0 aliphatic carbocycles. The quantitative estimate of drug-likeness (QED) is 0.482. The fourth-order valence-electron chi connectivity index (χ4n) is 1.81. The van der Waals surface area contributed by atoms with Crippen LogP contribution in [0, 0.1) is 20.2 Å². The highest BCUT2D eigenvalue weighted by molar-refractivity contribution is 6.10. The molecule has 0 N–H and O–H groups in total. The molecule has 2 aromatic rings. The maximum Gasteiger partial charge on any atom is 0.287 e. The molecule has 102 valence electrons. The van der Waals surface area contributed by atoms with Crippen molar-refractivity contribution in [1.82, 2.24) is 4.57 Å². The average molecular weight is 275 g/mol. The molecule has 0 saturated heterocycles. The Kier molecular flexibility index (Phi) is 3.30. The van der Waals surface area contributed by atoms with Gasteiger partial charge < -0.3 is 4.57 Å². The minimum absolute atomic E-state index is 0.178. The summed E-state index contributed by atoms with van der Waals surface area (Å²) in [5.41, 5.74) is -0.921. The molecule has 0 radical (unpaired) electrons. The number of nitro benzene ring substituents is 2. The lowest BCUT2D eigenvalue weighted by atomic mass is 10.1. The zero-order chi connectivity index (χ0) is 14.9. The van der Waals surface area contributed by atoms with E-state index in [9.17, 15) is 25.0 Å². The van der Waals surface area contributed by atoms with Gasteiger partial charge in [0.05, 0.1) is 21.6 Å². The van der Waals surface area contributed by atoms with Gasteiger partial charge in [0.2, 0.25) is 5.78 Å². The second-order valence-corrected chi connectivity index (χ2v) is 4.05. The molecule has 0 spiro atoms. The number of non-ortho nitro benzene ring substituents is 1. The molecule has 8 nitrogen and oxygen atoms in total. The lowest BCUT2D eigenvalue weighted by Gasteiger charge is -2.03. The number of rotatable bonds is 4. The molecule has 0 atom stereocenters. The molecule has 1 heterocycles. The molecule has 0 saturated carbocycles. The standard InChI is InChI=1S/C12H9N3O5/c1-13-6-2-3-10(13)12(16)9-5-4-8(14(17)18)7-11(9)15(19)20/h2-7H,1H3. The largest absolute Gasteiger partial charge is 0.348 e. The van der Waals surface area contributed by atoms with Crippen LogP contribution in [-0.2, 0) is 7.05 Å². The van der Waals surface area contributed by atoms with Gasteiger partial charge in [0.15, 0.2) is 0 Å². The highest BCUT2D eigenvalue weighted by atomic mass is 16.6. The summed E-state index contributed by atoms with van der Waals surface area (Å²) in [5.74, 6) is -0.556. The van der Waals surface area contributed by atoms with Gasteiger partial charge in [-0.3, -0.25) is 25.0 Å². The second-order valence-electron chi connectivity index (χ2n) is 4.05. The molecule has 0 unspecified atom stereocenters. The molecular formula is C12H9N3O5. The van der Waals surface area contributed by atoms with Crippen LogP contribution >= 0.6 is 0 Å². The summed E-state index contributed by atoms with van der Waals surface area (Å²) < 4.78 is 1.52. The highest BCUT2D eigenvalue weighted by Gasteiger charge is 2.25. The minimum atomic E-state index is -0.802. The van der Waals surface area contributed by atoms with Gasteiger partial charge in [-0.05, 0) is 18.2 Å². The Morgan fingerprint density at radius 3 is 2.35 bits per heavy atom. The van der Waals surface area contributed by atoms with Crippen LogP contribution in [0.15, 0.2) is 36.5 Å². The van der Waals surface area contributed by atoms with Gasteiger partial charge in [-0.2, -0.15) is 0 Å². The number of nitro groups is 2. The summed E-state index contributed by atoms with van der Waals surface area (Å²) in [6.07, 6.45) is 1.63. The van der Waals surface area contributed by atoms with Crippen LogP contribution in [0.5, 0.6) is 0 Å². The first-order valence-corrected chi connectivity index (χ1v) is 5.50. The average Bonchev–Trinajstić information content (AvgIpc) is 2.83. The predicted molar refractivity (Wildman–Crippen MR) is 68.6 cm³/mol. The van der Waals surface area contributed by atoms with Gasteiger partial charge in [0.25, 0.3) is 11.4 Å².